The van der Waals surface area contributed by atoms with E-state index in [2.05, 4.69) is 17.2 Å². The number of carbonyl (C=O) groups is 1. The van der Waals surface area contributed by atoms with E-state index < -0.39 is 0 Å². The van der Waals surface area contributed by atoms with Crippen LogP contribution in [0.5, 0.6) is 0 Å². The number of anilines is 1. The molecule has 24 heavy (non-hydrogen) atoms. The number of hydrogen-bond donors (Lipinski definition) is 1. The van der Waals surface area contributed by atoms with Crippen LogP contribution in [0.15, 0.2) is 36.4 Å². The molecular formula is C18H24N4O2. The van der Waals surface area contributed by atoms with E-state index in [9.17, 15) is 4.79 Å². The number of benzene rings is 1. The van der Waals surface area contributed by atoms with Gasteiger partial charge in [0.15, 0.2) is 0 Å². The highest BCUT2D eigenvalue weighted by atomic mass is 16.5. The highest BCUT2D eigenvalue weighted by molar-refractivity contribution is 5.76. The predicted octanol–water partition coefficient (Wildman–Crippen LogP) is 1.98. The summed E-state index contributed by atoms with van der Waals surface area (Å²) >= 11 is 0. The number of nitrogen functional groups attached to an aromatic ring is 1. The van der Waals surface area contributed by atoms with Crippen molar-refractivity contribution >= 4 is 11.7 Å². The molecule has 2 N–H and O–H groups in total. The number of nitrogens with zero attached hydrogens (tertiary/aromatic N) is 3. The molecule has 1 aliphatic rings. The van der Waals surface area contributed by atoms with Gasteiger partial charge in [-0.15, -0.1) is 0 Å². The molecule has 3 rings (SSSR count). The van der Waals surface area contributed by atoms with Crippen LogP contribution in [0.2, 0.25) is 0 Å². The fourth-order valence-corrected chi connectivity index (χ4v) is 2.98. The van der Waals surface area contributed by atoms with Crippen LogP contribution in [-0.4, -0.2) is 39.8 Å². The largest absolute Gasteiger partial charge is 0.384 e. The molecule has 0 unspecified atom stereocenters. The average Bonchev–Trinajstić information content (AvgIpc) is 2.91. The number of carbonyl (C=O) groups excluding carboxylic acids is 1. The number of likely N-dealkylation sites (tertiary alicyclic amines) is 1. The van der Waals surface area contributed by atoms with E-state index >= 15 is 0 Å². The molecular weight excluding hydrogens is 304 g/mol. The number of piperidine rings is 1. The van der Waals surface area contributed by atoms with Crippen molar-refractivity contribution in [3.63, 3.8) is 0 Å². The molecule has 0 atom stereocenters. The summed E-state index contributed by atoms with van der Waals surface area (Å²) in [5, 5.41) is 4.24. The third-order valence-corrected chi connectivity index (χ3v) is 4.34. The van der Waals surface area contributed by atoms with Crippen molar-refractivity contribution in [2.24, 2.45) is 0 Å². The Morgan fingerprint density at radius 3 is 2.62 bits per heavy atom. The quantitative estimate of drug-likeness (QED) is 0.911. The molecule has 0 spiro atoms. The van der Waals surface area contributed by atoms with Gasteiger partial charge in [0.1, 0.15) is 12.4 Å². The Morgan fingerprint density at radius 1 is 1.29 bits per heavy atom. The summed E-state index contributed by atoms with van der Waals surface area (Å²) in [6.07, 6.45) is 1.95. The first-order valence-electron chi connectivity index (χ1n) is 8.35. The Morgan fingerprint density at radius 2 is 2.00 bits per heavy atom. The van der Waals surface area contributed by atoms with Crippen LogP contribution in [-0.2, 0) is 22.7 Å². The number of aryl methyl sites for hydroxylation is 1. The Kier molecular flexibility index (Phi) is 5.15. The van der Waals surface area contributed by atoms with E-state index in [1.807, 2.05) is 30.0 Å². The highest BCUT2D eigenvalue weighted by Crippen LogP contribution is 2.16. The van der Waals surface area contributed by atoms with Crippen LogP contribution in [0.25, 0.3) is 0 Å². The molecule has 6 heteroatoms. The SMILES string of the molecule is Cc1cc(N)n(CC(=O)N2CCC(OCc3ccccc3)CC2)n1. The summed E-state index contributed by atoms with van der Waals surface area (Å²) < 4.78 is 7.53. The molecule has 1 saturated heterocycles. The normalized spacial score (nSPS) is 15.6. The molecule has 2 heterocycles. The van der Waals surface area contributed by atoms with Crippen molar-refractivity contribution in [1.82, 2.24) is 14.7 Å². The molecule has 6 nitrogen and oxygen atoms in total. The van der Waals surface area contributed by atoms with Crippen molar-refractivity contribution in [2.45, 2.75) is 39.0 Å². The van der Waals surface area contributed by atoms with Crippen LogP contribution in [0.3, 0.4) is 0 Å². The van der Waals surface area contributed by atoms with Crippen LogP contribution >= 0.6 is 0 Å². The van der Waals surface area contributed by atoms with Crippen molar-refractivity contribution < 1.29 is 9.53 Å². The van der Waals surface area contributed by atoms with Gasteiger partial charge in [-0.3, -0.25) is 4.79 Å². The molecule has 1 amide bonds. The Bertz CT molecular complexity index is 676. The fraction of sp³-hybridized carbons (Fsp3) is 0.444. The fourth-order valence-electron chi connectivity index (χ4n) is 2.98. The molecule has 0 aliphatic carbocycles. The minimum atomic E-state index is 0.0614. The third-order valence-electron chi connectivity index (χ3n) is 4.34. The van der Waals surface area contributed by atoms with Crippen molar-refractivity contribution in [3.05, 3.63) is 47.7 Å². The second-order valence-electron chi connectivity index (χ2n) is 6.24. The first kappa shape index (κ1) is 16.5. The van der Waals surface area contributed by atoms with E-state index in [4.69, 9.17) is 10.5 Å². The molecule has 0 saturated carbocycles. The number of amides is 1. The maximum Gasteiger partial charge on any atom is 0.244 e. The van der Waals surface area contributed by atoms with Gasteiger partial charge in [0.05, 0.1) is 18.4 Å². The smallest absolute Gasteiger partial charge is 0.244 e. The van der Waals surface area contributed by atoms with E-state index in [0.717, 1.165) is 31.6 Å². The zero-order valence-corrected chi connectivity index (χ0v) is 14.0. The lowest BCUT2D eigenvalue weighted by atomic mass is 10.1. The average molecular weight is 328 g/mol. The number of ether oxygens (including phenoxy) is 1. The van der Waals surface area contributed by atoms with Gasteiger partial charge in [0, 0.05) is 19.2 Å². The monoisotopic (exact) mass is 328 g/mol. The predicted molar refractivity (Wildman–Crippen MR) is 92.2 cm³/mol. The van der Waals surface area contributed by atoms with Gasteiger partial charge in [-0.2, -0.15) is 5.10 Å². The van der Waals surface area contributed by atoms with Crippen molar-refractivity contribution in [2.75, 3.05) is 18.8 Å². The molecule has 1 aromatic carbocycles. The zero-order chi connectivity index (χ0) is 16.9. The summed E-state index contributed by atoms with van der Waals surface area (Å²) in [4.78, 5) is 14.3. The van der Waals surface area contributed by atoms with E-state index in [1.54, 1.807) is 10.7 Å². The third kappa shape index (κ3) is 4.14. The highest BCUT2D eigenvalue weighted by Gasteiger charge is 2.23. The van der Waals surface area contributed by atoms with E-state index in [0.29, 0.717) is 12.4 Å². The Hall–Kier alpha value is -2.34. The van der Waals surface area contributed by atoms with Crippen LogP contribution in [0.4, 0.5) is 5.82 Å². The van der Waals surface area contributed by atoms with Crippen molar-refractivity contribution in [1.29, 1.82) is 0 Å². The maximum absolute atomic E-state index is 12.4. The first-order chi connectivity index (χ1) is 11.6. The van der Waals surface area contributed by atoms with Crippen molar-refractivity contribution in [3.8, 4) is 0 Å². The molecule has 1 aromatic heterocycles. The summed E-state index contributed by atoms with van der Waals surface area (Å²) in [6, 6.07) is 11.9. The van der Waals surface area contributed by atoms with E-state index in [1.165, 1.54) is 5.56 Å². The molecule has 0 radical (unpaired) electrons. The standard InChI is InChI=1S/C18H24N4O2/c1-14-11-17(19)22(20-14)12-18(23)21-9-7-16(8-10-21)24-13-15-5-3-2-4-6-15/h2-6,11,16H,7-10,12-13,19H2,1H3. The number of rotatable bonds is 5. The lowest BCUT2D eigenvalue weighted by molar-refractivity contribution is -0.134. The second kappa shape index (κ2) is 7.49. The van der Waals surface area contributed by atoms with Gasteiger partial charge < -0.3 is 15.4 Å². The first-order valence-corrected chi connectivity index (χ1v) is 8.35. The van der Waals surface area contributed by atoms with Gasteiger partial charge >= 0.3 is 0 Å². The molecule has 2 aromatic rings. The lowest BCUT2D eigenvalue weighted by Crippen LogP contribution is -2.42. The Labute approximate surface area is 142 Å². The van der Waals surface area contributed by atoms with Crippen LogP contribution < -0.4 is 5.73 Å². The van der Waals surface area contributed by atoms with Gasteiger partial charge in [0.25, 0.3) is 0 Å². The summed E-state index contributed by atoms with van der Waals surface area (Å²) in [7, 11) is 0. The van der Waals surface area contributed by atoms with Crippen LogP contribution in [0.1, 0.15) is 24.1 Å². The van der Waals surface area contributed by atoms with Gasteiger partial charge in [0.2, 0.25) is 5.91 Å². The minimum absolute atomic E-state index is 0.0614. The number of aromatic nitrogens is 2. The number of nitrogens with two attached hydrogens (primary N) is 1. The summed E-state index contributed by atoms with van der Waals surface area (Å²) in [5.41, 5.74) is 7.85. The minimum Gasteiger partial charge on any atom is -0.384 e. The number of hydrogen-bond acceptors (Lipinski definition) is 4. The summed E-state index contributed by atoms with van der Waals surface area (Å²) in [5.74, 6) is 0.591. The summed E-state index contributed by atoms with van der Waals surface area (Å²) in [6.45, 7) is 4.14. The van der Waals surface area contributed by atoms with Gasteiger partial charge in [-0.05, 0) is 25.3 Å². The molecule has 128 valence electrons. The Balaban J connectivity index is 1.44. The lowest BCUT2D eigenvalue weighted by Gasteiger charge is -2.32. The second-order valence-corrected chi connectivity index (χ2v) is 6.24. The molecule has 1 aliphatic heterocycles. The molecule has 0 bridgehead atoms. The van der Waals surface area contributed by atoms with E-state index in [-0.39, 0.29) is 18.6 Å². The molecule has 1 fully saturated rings. The van der Waals surface area contributed by atoms with Gasteiger partial charge in [-0.25, -0.2) is 4.68 Å². The van der Waals surface area contributed by atoms with Gasteiger partial charge in [-0.1, -0.05) is 30.3 Å². The zero-order valence-electron chi connectivity index (χ0n) is 14.0. The maximum atomic E-state index is 12.4. The topological polar surface area (TPSA) is 73.4 Å². The van der Waals surface area contributed by atoms with Crippen LogP contribution in [0, 0.1) is 6.92 Å².